The molecule has 0 bridgehead atoms. The molecule has 0 aromatic rings. The first-order valence-electron chi connectivity index (χ1n) is 10.1. The Morgan fingerprint density at radius 2 is 1.92 bits per heavy atom. The summed E-state index contributed by atoms with van der Waals surface area (Å²) in [5.41, 5.74) is 1.47. The predicted molar refractivity (Wildman–Crippen MR) is 105 cm³/mol. The molecule has 1 rings (SSSR count). The lowest BCUT2D eigenvalue weighted by atomic mass is 9.94. The van der Waals surface area contributed by atoms with Crippen molar-refractivity contribution in [2.75, 3.05) is 7.11 Å². The van der Waals surface area contributed by atoms with Gasteiger partial charge < -0.3 is 9.84 Å². The molecule has 0 amide bonds. The molecular weight excluding hydrogens is 328 g/mol. The van der Waals surface area contributed by atoms with Gasteiger partial charge in [0, 0.05) is 12.8 Å². The van der Waals surface area contributed by atoms with E-state index in [0.29, 0.717) is 19.3 Å². The van der Waals surface area contributed by atoms with Gasteiger partial charge in [0.1, 0.15) is 0 Å². The minimum absolute atomic E-state index is 0.152. The molecule has 0 saturated carbocycles. The second-order valence-electron chi connectivity index (χ2n) is 7.62. The van der Waals surface area contributed by atoms with Gasteiger partial charge in [-0.2, -0.15) is 0 Å². The van der Waals surface area contributed by atoms with Crippen molar-refractivity contribution in [1.29, 1.82) is 0 Å². The van der Waals surface area contributed by atoms with Crippen molar-refractivity contribution in [3.63, 3.8) is 0 Å². The number of carbonyl (C=O) groups is 2. The topological polar surface area (TPSA) is 63.6 Å². The molecule has 0 aromatic heterocycles. The standard InChI is InChI=1S/C22H36O4/c1-4-5-16-22(2,25)17-10-11-18-14-15-20(23)19(18)12-8-6-7-9-13-21(24)26-3/h10-11,25H,4-9,12-17H2,1-3H3/t22-/m0/s1. The number of rotatable bonds is 13. The molecule has 0 aromatic carbocycles. The van der Waals surface area contributed by atoms with Gasteiger partial charge in [-0.3, -0.25) is 9.59 Å². The van der Waals surface area contributed by atoms with Crippen molar-refractivity contribution in [2.24, 2.45) is 0 Å². The maximum Gasteiger partial charge on any atom is 0.305 e. The van der Waals surface area contributed by atoms with Crippen LogP contribution in [0.1, 0.15) is 90.9 Å². The zero-order chi connectivity index (χ0) is 19.4. The first kappa shape index (κ1) is 22.6. The number of carbonyl (C=O) groups excluding carboxylic acids is 2. The minimum Gasteiger partial charge on any atom is -0.469 e. The van der Waals surface area contributed by atoms with E-state index in [1.165, 1.54) is 7.11 Å². The van der Waals surface area contributed by atoms with Crippen molar-refractivity contribution in [3.8, 4) is 0 Å². The number of allylic oxidation sites excluding steroid dienone is 3. The number of ether oxygens (including phenoxy) is 1. The molecule has 1 aliphatic rings. The van der Waals surface area contributed by atoms with Crippen LogP contribution >= 0.6 is 0 Å². The molecule has 4 nitrogen and oxygen atoms in total. The predicted octanol–water partition coefficient (Wildman–Crippen LogP) is 5.05. The van der Waals surface area contributed by atoms with E-state index < -0.39 is 5.60 Å². The average molecular weight is 365 g/mol. The van der Waals surface area contributed by atoms with Crippen molar-refractivity contribution in [2.45, 2.75) is 96.5 Å². The Kier molecular flexibility index (Phi) is 10.5. The third-order valence-corrected chi connectivity index (χ3v) is 5.08. The summed E-state index contributed by atoms with van der Waals surface area (Å²) in [5.74, 6) is 0.123. The number of Topliss-reactive ketones (excluding diaryl/α,β-unsaturated/α-hetero) is 1. The fraction of sp³-hybridized carbons (Fsp3) is 0.727. The Labute approximate surface area is 158 Å². The molecule has 1 N–H and O–H groups in total. The highest BCUT2D eigenvalue weighted by molar-refractivity contribution is 5.99. The fourth-order valence-electron chi connectivity index (χ4n) is 3.35. The number of unbranched alkanes of at least 4 members (excludes halogenated alkanes) is 4. The van der Waals surface area contributed by atoms with Gasteiger partial charge in [0.2, 0.25) is 0 Å². The van der Waals surface area contributed by atoms with Crippen LogP contribution in [0.4, 0.5) is 0 Å². The zero-order valence-electron chi connectivity index (χ0n) is 16.8. The fourth-order valence-corrected chi connectivity index (χ4v) is 3.35. The van der Waals surface area contributed by atoms with E-state index in [4.69, 9.17) is 0 Å². The van der Waals surface area contributed by atoms with E-state index in [0.717, 1.165) is 68.9 Å². The minimum atomic E-state index is -0.657. The van der Waals surface area contributed by atoms with Crippen LogP contribution in [0.25, 0.3) is 0 Å². The van der Waals surface area contributed by atoms with Gasteiger partial charge in [-0.25, -0.2) is 0 Å². The second-order valence-corrected chi connectivity index (χ2v) is 7.62. The van der Waals surface area contributed by atoms with E-state index in [1.807, 2.05) is 13.0 Å². The number of esters is 1. The van der Waals surface area contributed by atoms with Crippen LogP contribution < -0.4 is 0 Å². The molecule has 0 heterocycles. The van der Waals surface area contributed by atoms with Gasteiger partial charge in [-0.15, -0.1) is 0 Å². The van der Waals surface area contributed by atoms with Crippen molar-refractivity contribution < 1.29 is 19.4 Å². The Balaban J connectivity index is 2.42. The number of hydrogen-bond acceptors (Lipinski definition) is 4. The number of methoxy groups -OCH3 is 1. The monoisotopic (exact) mass is 364 g/mol. The molecule has 0 aliphatic heterocycles. The molecule has 0 radical (unpaired) electrons. The van der Waals surface area contributed by atoms with Gasteiger partial charge >= 0.3 is 5.97 Å². The SMILES string of the molecule is CCCC[C@](C)(O)CC=CC1=C(CCCCCCC(=O)OC)C(=O)CC1. The average Bonchev–Trinajstić information content (AvgIpc) is 2.96. The lowest BCUT2D eigenvalue weighted by Crippen LogP contribution is -2.22. The Morgan fingerprint density at radius 3 is 2.62 bits per heavy atom. The van der Waals surface area contributed by atoms with Crippen LogP contribution in [-0.2, 0) is 14.3 Å². The third kappa shape index (κ3) is 8.79. The summed E-state index contributed by atoms with van der Waals surface area (Å²) in [5, 5.41) is 10.4. The van der Waals surface area contributed by atoms with Gasteiger partial charge in [0.15, 0.2) is 5.78 Å². The highest BCUT2D eigenvalue weighted by Crippen LogP contribution is 2.29. The first-order valence-corrected chi connectivity index (χ1v) is 10.1. The van der Waals surface area contributed by atoms with Crippen LogP contribution in [0.15, 0.2) is 23.3 Å². The van der Waals surface area contributed by atoms with E-state index in [1.54, 1.807) is 0 Å². The van der Waals surface area contributed by atoms with Crippen LogP contribution in [0.2, 0.25) is 0 Å². The lowest BCUT2D eigenvalue weighted by Gasteiger charge is -2.21. The van der Waals surface area contributed by atoms with Crippen LogP contribution in [0, 0.1) is 0 Å². The van der Waals surface area contributed by atoms with Crippen LogP contribution in [-0.4, -0.2) is 29.6 Å². The highest BCUT2D eigenvalue weighted by atomic mass is 16.5. The smallest absolute Gasteiger partial charge is 0.305 e. The van der Waals surface area contributed by atoms with Crippen LogP contribution in [0.5, 0.6) is 0 Å². The molecule has 1 aliphatic carbocycles. The van der Waals surface area contributed by atoms with E-state index in [2.05, 4.69) is 17.7 Å². The highest BCUT2D eigenvalue weighted by Gasteiger charge is 2.21. The summed E-state index contributed by atoms with van der Waals surface area (Å²) in [6, 6.07) is 0. The van der Waals surface area contributed by atoms with Gasteiger partial charge in [-0.05, 0) is 56.6 Å². The number of aliphatic hydroxyl groups is 1. The molecule has 0 fully saturated rings. The summed E-state index contributed by atoms with van der Waals surface area (Å²) in [6.45, 7) is 4.01. The van der Waals surface area contributed by atoms with Gasteiger partial charge in [0.05, 0.1) is 12.7 Å². The molecule has 1 atom stereocenters. The normalized spacial score (nSPS) is 17.2. The molecule has 148 valence electrons. The summed E-state index contributed by atoms with van der Waals surface area (Å²) in [4.78, 5) is 23.2. The summed E-state index contributed by atoms with van der Waals surface area (Å²) < 4.78 is 4.63. The van der Waals surface area contributed by atoms with E-state index in [9.17, 15) is 14.7 Å². The molecule has 4 heteroatoms. The first-order chi connectivity index (χ1) is 12.4. The summed E-state index contributed by atoms with van der Waals surface area (Å²) >= 11 is 0. The molecule has 0 saturated heterocycles. The van der Waals surface area contributed by atoms with Gasteiger partial charge in [0.25, 0.3) is 0 Å². The zero-order valence-corrected chi connectivity index (χ0v) is 16.8. The van der Waals surface area contributed by atoms with Crippen molar-refractivity contribution >= 4 is 11.8 Å². The largest absolute Gasteiger partial charge is 0.469 e. The lowest BCUT2D eigenvalue weighted by molar-refractivity contribution is -0.140. The molecule has 0 unspecified atom stereocenters. The molecular formula is C22H36O4. The van der Waals surface area contributed by atoms with Crippen molar-refractivity contribution in [3.05, 3.63) is 23.3 Å². The molecule has 26 heavy (non-hydrogen) atoms. The Morgan fingerprint density at radius 1 is 1.19 bits per heavy atom. The van der Waals surface area contributed by atoms with E-state index >= 15 is 0 Å². The maximum atomic E-state index is 12.1. The summed E-state index contributed by atoms with van der Waals surface area (Å²) in [7, 11) is 1.42. The van der Waals surface area contributed by atoms with Crippen molar-refractivity contribution in [1.82, 2.24) is 0 Å². The maximum absolute atomic E-state index is 12.1. The molecule has 0 spiro atoms. The third-order valence-electron chi connectivity index (χ3n) is 5.08. The Bertz CT molecular complexity index is 514. The van der Waals surface area contributed by atoms with Crippen LogP contribution in [0.3, 0.4) is 0 Å². The summed E-state index contributed by atoms with van der Waals surface area (Å²) in [6.07, 6.45) is 14.2. The quantitative estimate of drug-likeness (QED) is 0.367. The number of ketones is 1. The Hall–Kier alpha value is -1.42. The number of hydrogen-bond donors (Lipinski definition) is 1. The van der Waals surface area contributed by atoms with Gasteiger partial charge in [-0.1, -0.05) is 44.8 Å². The van der Waals surface area contributed by atoms with E-state index in [-0.39, 0.29) is 11.8 Å². The second kappa shape index (κ2) is 12.1.